The molecule has 3 aromatic rings. The number of amides is 2. The largest absolute Gasteiger partial charge is 0.493 e. The number of nitrogens with one attached hydrogen (secondary N) is 2. The molecule has 1 aliphatic rings. The number of fused-ring (bicyclic) bond motifs is 1. The van der Waals surface area contributed by atoms with Gasteiger partial charge in [0.25, 0.3) is 5.91 Å². The summed E-state index contributed by atoms with van der Waals surface area (Å²) < 4.78 is 16.4. The zero-order valence-electron chi connectivity index (χ0n) is 14.9. The number of benzene rings is 2. The Morgan fingerprint density at radius 2 is 1.79 bits per heavy atom. The molecule has 28 heavy (non-hydrogen) atoms. The van der Waals surface area contributed by atoms with Gasteiger partial charge in [-0.1, -0.05) is 18.2 Å². The van der Waals surface area contributed by atoms with Gasteiger partial charge in [-0.15, -0.1) is 0 Å². The number of ether oxygens (including phenoxy) is 2. The van der Waals surface area contributed by atoms with Gasteiger partial charge in [0.1, 0.15) is 23.9 Å². The Morgan fingerprint density at radius 1 is 0.964 bits per heavy atom. The summed E-state index contributed by atoms with van der Waals surface area (Å²) in [5.74, 6) is 1.11. The van der Waals surface area contributed by atoms with Gasteiger partial charge >= 0.3 is 5.91 Å². The van der Waals surface area contributed by atoms with Crippen LogP contribution in [0.5, 0.6) is 11.5 Å². The summed E-state index contributed by atoms with van der Waals surface area (Å²) in [4.78, 5) is 24.4. The zero-order chi connectivity index (χ0) is 19.3. The van der Waals surface area contributed by atoms with Gasteiger partial charge in [-0.25, -0.2) is 0 Å². The lowest BCUT2D eigenvalue weighted by molar-refractivity contribution is 0.0828. The summed E-state index contributed by atoms with van der Waals surface area (Å²) in [5.41, 5.74) is 6.16. The monoisotopic (exact) mass is 378 g/mol. The standard InChI is InChI=1S/C21H18N2O5/c24-20(15-6-8-18-14(12-15)10-11-26-18)22-23-21(25)19-9-7-17(28-19)13-27-16-4-2-1-3-5-16/h1-9,12H,10-11,13H2,(H,22,24)(H,23,25). The van der Waals surface area contributed by atoms with E-state index >= 15 is 0 Å². The summed E-state index contributed by atoms with van der Waals surface area (Å²) in [6.07, 6.45) is 0.767. The van der Waals surface area contributed by atoms with Crippen molar-refractivity contribution >= 4 is 11.8 Å². The van der Waals surface area contributed by atoms with Crippen molar-refractivity contribution in [3.8, 4) is 11.5 Å². The quantitative estimate of drug-likeness (QED) is 0.667. The number of rotatable bonds is 5. The van der Waals surface area contributed by atoms with Crippen LogP contribution in [-0.2, 0) is 13.0 Å². The molecular formula is C21H18N2O5. The third-order valence-corrected chi connectivity index (χ3v) is 4.25. The van der Waals surface area contributed by atoms with E-state index in [1.54, 1.807) is 24.3 Å². The van der Waals surface area contributed by atoms with E-state index in [9.17, 15) is 9.59 Å². The first-order chi connectivity index (χ1) is 13.7. The van der Waals surface area contributed by atoms with Gasteiger partial charge in [-0.05, 0) is 48.0 Å². The molecule has 0 unspecified atom stereocenters. The lowest BCUT2D eigenvalue weighted by Gasteiger charge is -2.07. The molecule has 0 aliphatic carbocycles. The Hall–Kier alpha value is -3.74. The van der Waals surface area contributed by atoms with Crippen LogP contribution < -0.4 is 20.3 Å². The lowest BCUT2D eigenvalue weighted by Crippen LogP contribution is -2.41. The van der Waals surface area contributed by atoms with Crippen molar-refractivity contribution in [1.82, 2.24) is 10.9 Å². The predicted molar refractivity (Wildman–Crippen MR) is 100 cm³/mol. The van der Waals surface area contributed by atoms with Crippen LogP contribution in [0, 0.1) is 0 Å². The van der Waals surface area contributed by atoms with Gasteiger partial charge in [0.2, 0.25) is 0 Å². The molecule has 2 amide bonds. The van der Waals surface area contributed by atoms with Gasteiger partial charge in [0, 0.05) is 12.0 Å². The third-order valence-electron chi connectivity index (χ3n) is 4.25. The minimum absolute atomic E-state index is 0.0781. The average Bonchev–Trinajstić information content (AvgIpc) is 3.39. The molecule has 0 saturated carbocycles. The highest BCUT2D eigenvalue weighted by Gasteiger charge is 2.16. The summed E-state index contributed by atoms with van der Waals surface area (Å²) in [7, 11) is 0. The molecule has 2 N–H and O–H groups in total. The van der Waals surface area contributed by atoms with Gasteiger partial charge in [-0.3, -0.25) is 20.4 Å². The molecule has 2 heterocycles. The topological polar surface area (TPSA) is 89.8 Å². The fourth-order valence-corrected chi connectivity index (χ4v) is 2.82. The molecule has 4 rings (SSSR count). The van der Waals surface area contributed by atoms with Crippen molar-refractivity contribution in [2.24, 2.45) is 0 Å². The molecular weight excluding hydrogens is 360 g/mol. The molecule has 0 fully saturated rings. The zero-order valence-corrected chi connectivity index (χ0v) is 14.9. The van der Waals surface area contributed by atoms with Crippen LogP contribution in [0.2, 0.25) is 0 Å². The van der Waals surface area contributed by atoms with E-state index in [2.05, 4.69) is 10.9 Å². The molecule has 0 atom stereocenters. The number of hydrazine groups is 1. The van der Waals surface area contributed by atoms with E-state index < -0.39 is 11.8 Å². The van der Waals surface area contributed by atoms with E-state index in [4.69, 9.17) is 13.9 Å². The second kappa shape index (κ2) is 7.87. The van der Waals surface area contributed by atoms with Gasteiger partial charge < -0.3 is 13.9 Å². The maximum atomic E-state index is 12.2. The summed E-state index contributed by atoms with van der Waals surface area (Å²) in [6.45, 7) is 0.812. The third kappa shape index (κ3) is 3.98. The maximum Gasteiger partial charge on any atom is 0.305 e. The van der Waals surface area contributed by atoms with Crippen LogP contribution in [0.1, 0.15) is 32.2 Å². The number of para-hydroxylation sites is 1. The van der Waals surface area contributed by atoms with Crippen molar-refractivity contribution in [2.75, 3.05) is 6.61 Å². The smallest absolute Gasteiger partial charge is 0.305 e. The molecule has 2 aromatic carbocycles. The second-order valence-electron chi connectivity index (χ2n) is 6.20. The Morgan fingerprint density at radius 3 is 2.64 bits per heavy atom. The van der Waals surface area contributed by atoms with E-state index in [1.807, 2.05) is 30.3 Å². The molecule has 0 spiro atoms. The Kier molecular flexibility index (Phi) is 4.97. The molecule has 1 aliphatic heterocycles. The van der Waals surface area contributed by atoms with Gasteiger partial charge in [0.15, 0.2) is 5.76 Å². The first kappa shape index (κ1) is 17.7. The highest BCUT2D eigenvalue weighted by molar-refractivity contribution is 5.98. The van der Waals surface area contributed by atoms with E-state index in [0.717, 1.165) is 17.7 Å². The summed E-state index contributed by atoms with van der Waals surface area (Å²) in [5, 5.41) is 0. The van der Waals surface area contributed by atoms with Crippen LogP contribution in [0.15, 0.2) is 65.1 Å². The molecule has 142 valence electrons. The van der Waals surface area contributed by atoms with E-state index in [-0.39, 0.29) is 12.4 Å². The van der Waals surface area contributed by atoms with Crippen molar-refractivity contribution in [2.45, 2.75) is 13.0 Å². The van der Waals surface area contributed by atoms with Crippen molar-refractivity contribution in [3.63, 3.8) is 0 Å². The summed E-state index contributed by atoms with van der Waals surface area (Å²) in [6, 6.07) is 17.6. The molecule has 0 saturated heterocycles. The lowest BCUT2D eigenvalue weighted by atomic mass is 10.1. The molecule has 7 nitrogen and oxygen atoms in total. The van der Waals surface area contributed by atoms with Crippen molar-refractivity contribution in [3.05, 3.63) is 83.3 Å². The van der Waals surface area contributed by atoms with Crippen molar-refractivity contribution < 1.29 is 23.5 Å². The Labute approximate surface area is 161 Å². The predicted octanol–water partition coefficient (Wildman–Crippen LogP) is 2.87. The molecule has 0 bridgehead atoms. The number of carbonyl (C=O) groups is 2. The number of hydrogen-bond acceptors (Lipinski definition) is 5. The molecule has 7 heteroatoms. The van der Waals surface area contributed by atoms with Crippen LogP contribution in [0.3, 0.4) is 0 Å². The minimum atomic E-state index is -0.552. The minimum Gasteiger partial charge on any atom is -0.493 e. The number of hydrogen-bond donors (Lipinski definition) is 2. The first-order valence-corrected chi connectivity index (χ1v) is 8.82. The van der Waals surface area contributed by atoms with Crippen LogP contribution in [0.25, 0.3) is 0 Å². The molecule has 0 radical (unpaired) electrons. The second-order valence-corrected chi connectivity index (χ2v) is 6.20. The SMILES string of the molecule is O=C(NNC(=O)c1ccc(COc2ccccc2)o1)c1ccc2c(c1)CCO2. The molecule has 1 aromatic heterocycles. The number of carbonyl (C=O) groups excluding carboxylic acids is 2. The highest BCUT2D eigenvalue weighted by atomic mass is 16.5. The summed E-state index contributed by atoms with van der Waals surface area (Å²) >= 11 is 0. The van der Waals surface area contributed by atoms with Gasteiger partial charge in [-0.2, -0.15) is 0 Å². The fourth-order valence-electron chi connectivity index (χ4n) is 2.82. The Bertz CT molecular complexity index is 997. The normalized spacial score (nSPS) is 12.0. The Balaban J connectivity index is 1.30. The maximum absolute atomic E-state index is 12.2. The van der Waals surface area contributed by atoms with Gasteiger partial charge in [0.05, 0.1) is 6.61 Å². The van der Waals surface area contributed by atoms with E-state index in [0.29, 0.717) is 23.7 Å². The first-order valence-electron chi connectivity index (χ1n) is 8.82. The highest BCUT2D eigenvalue weighted by Crippen LogP contribution is 2.25. The van der Waals surface area contributed by atoms with Crippen LogP contribution >= 0.6 is 0 Å². The number of furan rings is 1. The van der Waals surface area contributed by atoms with Crippen molar-refractivity contribution in [1.29, 1.82) is 0 Å². The van der Waals surface area contributed by atoms with Crippen LogP contribution in [0.4, 0.5) is 0 Å². The average molecular weight is 378 g/mol. The fraction of sp³-hybridized carbons (Fsp3) is 0.143. The van der Waals surface area contributed by atoms with E-state index in [1.165, 1.54) is 6.07 Å². The van der Waals surface area contributed by atoms with Crippen LogP contribution in [-0.4, -0.2) is 18.4 Å².